The first-order valence-corrected chi connectivity index (χ1v) is 8.41. The van der Waals surface area contributed by atoms with Crippen molar-refractivity contribution >= 4 is 6.01 Å². The molecule has 1 aliphatic heterocycles. The van der Waals surface area contributed by atoms with E-state index in [0.717, 1.165) is 0 Å². The summed E-state index contributed by atoms with van der Waals surface area (Å²) in [6, 6.07) is 5.08. The molecule has 3 atom stereocenters. The van der Waals surface area contributed by atoms with Gasteiger partial charge in [0, 0.05) is 24.2 Å². The van der Waals surface area contributed by atoms with Crippen molar-refractivity contribution in [2.24, 2.45) is 5.92 Å². The third-order valence-electron chi connectivity index (χ3n) is 4.70. The fourth-order valence-corrected chi connectivity index (χ4v) is 3.30. The molecule has 1 aromatic carbocycles. The van der Waals surface area contributed by atoms with Crippen LogP contribution in [-0.2, 0) is 0 Å². The lowest BCUT2D eigenvalue weighted by Crippen LogP contribution is -2.41. The summed E-state index contributed by atoms with van der Waals surface area (Å²) < 4.78 is 57.3. The van der Waals surface area contributed by atoms with E-state index in [-0.39, 0.29) is 30.2 Å². The maximum absolute atomic E-state index is 13.0. The number of aromatic nitrogens is 2. The molecule has 0 bridgehead atoms. The summed E-state index contributed by atoms with van der Waals surface area (Å²) in [4.78, 5) is 1.81. The minimum atomic E-state index is -4.17. The molecule has 9 heteroatoms. The number of halogens is 4. The lowest BCUT2D eigenvalue weighted by Gasteiger charge is -2.28. The summed E-state index contributed by atoms with van der Waals surface area (Å²) in [5.41, 5.74) is 0.584. The van der Waals surface area contributed by atoms with E-state index in [1.54, 1.807) is 6.92 Å². The maximum Gasteiger partial charge on any atom is 0.393 e. The highest BCUT2D eigenvalue weighted by molar-refractivity contribution is 5.53. The summed E-state index contributed by atoms with van der Waals surface area (Å²) in [7, 11) is 0. The molecule has 1 saturated heterocycles. The number of nitrogens with one attached hydrogen (secondary N) is 1. The number of likely N-dealkylation sites (tertiary alicyclic amines) is 1. The van der Waals surface area contributed by atoms with Gasteiger partial charge in [0.05, 0.1) is 5.92 Å². The average molecular weight is 372 g/mol. The smallest absolute Gasteiger partial charge is 0.393 e. The predicted octanol–water partition coefficient (Wildman–Crippen LogP) is 3.95. The molecule has 0 radical (unpaired) electrons. The van der Waals surface area contributed by atoms with Crippen LogP contribution < -0.4 is 5.32 Å². The van der Waals surface area contributed by atoms with Gasteiger partial charge < -0.3 is 9.73 Å². The van der Waals surface area contributed by atoms with Crippen LogP contribution in [0.1, 0.15) is 20.3 Å². The first kappa shape index (κ1) is 18.6. The number of alkyl halides is 3. The Morgan fingerprint density at radius 1 is 1.27 bits per heavy atom. The van der Waals surface area contributed by atoms with Gasteiger partial charge >= 0.3 is 12.2 Å². The van der Waals surface area contributed by atoms with Crippen molar-refractivity contribution in [2.75, 3.05) is 18.4 Å². The fourth-order valence-electron chi connectivity index (χ4n) is 3.30. The van der Waals surface area contributed by atoms with Gasteiger partial charge in [0.25, 0.3) is 0 Å². The lowest BCUT2D eigenvalue weighted by atomic mass is 10.0. The second-order valence-corrected chi connectivity index (χ2v) is 6.64. The molecular formula is C17H20F4N4O. The largest absolute Gasteiger partial charge is 0.403 e. The van der Waals surface area contributed by atoms with Crippen molar-refractivity contribution in [1.82, 2.24) is 15.1 Å². The molecule has 1 aromatic heterocycles. The van der Waals surface area contributed by atoms with Gasteiger partial charge in [-0.2, -0.15) is 13.2 Å². The van der Waals surface area contributed by atoms with E-state index in [0.29, 0.717) is 18.7 Å². The number of hydrogen-bond donors (Lipinski definition) is 1. The molecule has 2 aromatic rings. The zero-order chi connectivity index (χ0) is 18.9. The van der Waals surface area contributed by atoms with Gasteiger partial charge in [-0.25, -0.2) is 4.39 Å². The van der Waals surface area contributed by atoms with E-state index in [1.807, 2.05) is 11.8 Å². The maximum atomic E-state index is 13.0. The minimum absolute atomic E-state index is 0.118. The first-order chi connectivity index (χ1) is 12.2. The number of hydrogen-bond acceptors (Lipinski definition) is 5. The van der Waals surface area contributed by atoms with Crippen molar-refractivity contribution < 1.29 is 22.0 Å². The monoisotopic (exact) mass is 372 g/mol. The summed E-state index contributed by atoms with van der Waals surface area (Å²) in [5, 5.41) is 10.8. The van der Waals surface area contributed by atoms with Crippen molar-refractivity contribution in [3.8, 4) is 11.5 Å². The van der Waals surface area contributed by atoms with Crippen LogP contribution >= 0.6 is 0 Å². The van der Waals surface area contributed by atoms with Crippen LogP contribution in [0.5, 0.6) is 0 Å². The lowest BCUT2D eigenvalue weighted by molar-refractivity contribution is -0.178. The van der Waals surface area contributed by atoms with Crippen LogP contribution in [0.15, 0.2) is 28.7 Å². The van der Waals surface area contributed by atoms with Crippen LogP contribution in [0, 0.1) is 11.7 Å². The molecule has 1 N–H and O–H groups in total. The first-order valence-electron chi connectivity index (χ1n) is 8.41. The van der Waals surface area contributed by atoms with Gasteiger partial charge in [0.2, 0.25) is 5.89 Å². The molecule has 2 heterocycles. The van der Waals surface area contributed by atoms with E-state index < -0.39 is 18.1 Å². The van der Waals surface area contributed by atoms with Crippen molar-refractivity contribution in [3.05, 3.63) is 30.1 Å². The molecule has 0 amide bonds. The van der Waals surface area contributed by atoms with Crippen molar-refractivity contribution in [3.63, 3.8) is 0 Å². The molecule has 0 aliphatic carbocycles. The van der Waals surface area contributed by atoms with Gasteiger partial charge in [0.15, 0.2) is 0 Å². The zero-order valence-electron chi connectivity index (χ0n) is 14.4. The van der Waals surface area contributed by atoms with E-state index in [2.05, 4.69) is 15.5 Å². The Bertz CT molecular complexity index is 731. The van der Waals surface area contributed by atoms with E-state index >= 15 is 0 Å². The molecule has 3 rings (SSSR count). The van der Waals surface area contributed by atoms with Crippen LogP contribution in [0.2, 0.25) is 0 Å². The van der Waals surface area contributed by atoms with Gasteiger partial charge in [0.1, 0.15) is 5.82 Å². The molecule has 26 heavy (non-hydrogen) atoms. The molecular weight excluding hydrogens is 352 g/mol. The quantitative estimate of drug-likeness (QED) is 0.806. The van der Waals surface area contributed by atoms with E-state index in [1.165, 1.54) is 24.3 Å². The van der Waals surface area contributed by atoms with Gasteiger partial charge in [-0.05, 0) is 51.1 Å². The number of nitrogens with zero attached hydrogens (tertiary/aromatic N) is 3. The number of rotatable bonds is 5. The Morgan fingerprint density at radius 2 is 1.96 bits per heavy atom. The van der Waals surface area contributed by atoms with Gasteiger partial charge in [-0.15, -0.1) is 5.10 Å². The predicted molar refractivity (Wildman–Crippen MR) is 88.0 cm³/mol. The third kappa shape index (κ3) is 4.14. The SMILES string of the molecule is C[C@H](CN1CC[C@H](C(F)(F)F)[C@@H]1C)Nc1nnc(-c2ccc(F)cc2)o1. The Hall–Kier alpha value is -2.16. The highest BCUT2D eigenvalue weighted by atomic mass is 19.4. The number of anilines is 1. The average Bonchev–Trinajstić information content (AvgIpc) is 3.15. The molecule has 1 fully saturated rings. The normalized spacial score (nSPS) is 22.5. The van der Waals surface area contributed by atoms with Crippen LogP contribution in [0.3, 0.4) is 0 Å². The summed E-state index contributed by atoms with van der Waals surface area (Å²) in [6.07, 6.45) is -4.05. The fraction of sp³-hybridized carbons (Fsp3) is 0.529. The molecule has 142 valence electrons. The number of benzene rings is 1. The Labute approximate surface area is 148 Å². The summed E-state index contributed by atoms with van der Waals surface area (Å²) in [6.45, 7) is 4.29. The second-order valence-electron chi connectivity index (χ2n) is 6.64. The van der Waals surface area contributed by atoms with Crippen molar-refractivity contribution in [1.29, 1.82) is 0 Å². The summed E-state index contributed by atoms with van der Waals surface area (Å²) >= 11 is 0. The molecule has 0 unspecified atom stereocenters. The standard InChI is InChI=1S/C17H20F4N4O/c1-10(9-25-8-7-14(11(25)2)17(19,20)21)22-16-24-23-15(26-16)12-3-5-13(18)6-4-12/h3-6,10-11,14H,7-9H2,1-2H3,(H,22,24)/t10-,11+,14+/m1/s1. The van der Waals surface area contributed by atoms with E-state index in [4.69, 9.17) is 4.42 Å². The van der Waals surface area contributed by atoms with Crippen molar-refractivity contribution in [2.45, 2.75) is 38.5 Å². The molecule has 0 spiro atoms. The topological polar surface area (TPSA) is 54.2 Å². The van der Waals surface area contributed by atoms with Gasteiger partial charge in [-0.3, -0.25) is 4.90 Å². The van der Waals surface area contributed by atoms with Crippen LogP contribution in [0.4, 0.5) is 23.6 Å². The van der Waals surface area contributed by atoms with Crippen LogP contribution in [-0.4, -0.2) is 46.4 Å². The molecule has 1 aliphatic rings. The van der Waals surface area contributed by atoms with E-state index in [9.17, 15) is 17.6 Å². The highest BCUT2D eigenvalue weighted by Crippen LogP contribution is 2.38. The second kappa shape index (κ2) is 7.22. The minimum Gasteiger partial charge on any atom is -0.403 e. The van der Waals surface area contributed by atoms with Gasteiger partial charge in [-0.1, -0.05) is 5.10 Å². The molecule has 5 nitrogen and oxygen atoms in total. The molecule has 0 saturated carbocycles. The Balaban J connectivity index is 1.57. The zero-order valence-corrected chi connectivity index (χ0v) is 14.4. The third-order valence-corrected chi connectivity index (χ3v) is 4.70. The Kier molecular flexibility index (Phi) is 5.17. The highest BCUT2D eigenvalue weighted by Gasteiger charge is 2.48. The Morgan fingerprint density at radius 3 is 2.58 bits per heavy atom. The van der Waals surface area contributed by atoms with Crippen LogP contribution in [0.25, 0.3) is 11.5 Å². The summed E-state index contributed by atoms with van der Waals surface area (Å²) in [5.74, 6) is -1.41.